The number of nitro groups is 1. The van der Waals surface area contributed by atoms with Crippen LogP contribution in [0.15, 0.2) is 24.4 Å². The maximum absolute atomic E-state index is 12.8. The maximum Gasteiger partial charge on any atom is 0.319 e. The summed E-state index contributed by atoms with van der Waals surface area (Å²) >= 11 is 0. The van der Waals surface area contributed by atoms with Crippen molar-refractivity contribution in [3.8, 4) is 11.5 Å². The second kappa shape index (κ2) is 7.75. The number of carbonyl (C=O) groups excluding carboxylic acids is 2. The molecule has 0 radical (unpaired) electrons. The molecule has 0 aromatic heterocycles. The number of benzene rings is 1. The van der Waals surface area contributed by atoms with Crippen LogP contribution in [0.4, 0.5) is 10.5 Å². The fourth-order valence-corrected chi connectivity index (χ4v) is 3.56. The summed E-state index contributed by atoms with van der Waals surface area (Å²) in [6.45, 7) is 3.74. The highest BCUT2D eigenvalue weighted by Crippen LogP contribution is 2.40. The number of ether oxygens (including phenoxy) is 2. The zero-order valence-corrected chi connectivity index (χ0v) is 15.2. The van der Waals surface area contributed by atoms with Gasteiger partial charge in [0.1, 0.15) is 17.8 Å². The molecule has 2 fully saturated rings. The molecule has 1 aromatic carbocycles. The van der Waals surface area contributed by atoms with Gasteiger partial charge in [-0.1, -0.05) is 6.58 Å². The first-order valence-electron chi connectivity index (χ1n) is 8.82. The van der Waals surface area contributed by atoms with Crippen LogP contribution in [0, 0.1) is 16.0 Å². The second-order valence-corrected chi connectivity index (χ2v) is 6.75. The van der Waals surface area contributed by atoms with E-state index < -0.39 is 40.3 Å². The van der Waals surface area contributed by atoms with Crippen molar-refractivity contribution in [2.45, 2.75) is 37.8 Å². The third-order valence-electron chi connectivity index (χ3n) is 4.94. The molecular weight excluding hydrogens is 370 g/mol. The molecule has 28 heavy (non-hydrogen) atoms. The van der Waals surface area contributed by atoms with Crippen molar-refractivity contribution in [1.29, 1.82) is 0 Å². The number of hydrogen-bond acceptors (Lipinski definition) is 7. The summed E-state index contributed by atoms with van der Waals surface area (Å²) in [4.78, 5) is 35.1. The topological polar surface area (TPSA) is 143 Å². The van der Waals surface area contributed by atoms with Crippen LogP contribution >= 0.6 is 0 Å². The second-order valence-electron chi connectivity index (χ2n) is 6.75. The molecule has 1 aliphatic carbocycles. The van der Waals surface area contributed by atoms with E-state index >= 15 is 0 Å². The summed E-state index contributed by atoms with van der Waals surface area (Å²) < 4.78 is 10.5. The van der Waals surface area contributed by atoms with Crippen LogP contribution in [0.2, 0.25) is 0 Å². The number of nitrogens with one attached hydrogen (secondary N) is 2. The van der Waals surface area contributed by atoms with Crippen molar-refractivity contribution in [3.05, 3.63) is 40.1 Å². The minimum absolute atomic E-state index is 0.115. The van der Waals surface area contributed by atoms with E-state index in [1.165, 1.54) is 13.2 Å². The number of esters is 1. The maximum atomic E-state index is 12.8. The largest absolute Gasteiger partial charge is 0.865 e. The Bertz CT molecular complexity index is 833. The average Bonchev–Trinajstić information content (AvgIpc) is 3.13. The Morgan fingerprint density at radius 2 is 2.00 bits per heavy atom. The van der Waals surface area contributed by atoms with E-state index in [2.05, 4.69) is 17.2 Å². The highest BCUT2D eigenvalue weighted by atomic mass is 16.6. The van der Waals surface area contributed by atoms with Gasteiger partial charge < -0.3 is 25.2 Å². The van der Waals surface area contributed by atoms with Gasteiger partial charge in [-0.2, -0.15) is 0 Å². The summed E-state index contributed by atoms with van der Waals surface area (Å²) in [7, 11) is 1.20. The molecule has 0 bridgehead atoms. The van der Waals surface area contributed by atoms with E-state index in [1.54, 1.807) is 0 Å². The Hall–Kier alpha value is -3.30. The van der Waals surface area contributed by atoms with Gasteiger partial charge >= 0.3 is 12.0 Å². The van der Waals surface area contributed by atoms with Crippen LogP contribution < -0.4 is 20.5 Å². The molecule has 1 saturated carbocycles. The molecule has 2 atom stereocenters. The van der Waals surface area contributed by atoms with Gasteiger partial charge in [0.15, 0.2) is 0 Å². The predicted molar refractivity (Wildman–Crippen MR) is 94.5 cm³/mol. The van der Waals surface area contributed by atoms with Crippen LogP contribution in [-0.2, 0) is 9.53 Å². The molecule has 1 aliphatic heterocycles. The van der Waals surface area contributed by atoms with Crippen LogP contribution in [0.3, 0.4) is 0 Å². The molecule has 10 heteroatoms. The van der Waals surface area contributed by atoms with Crippen LogP contribution in [0.5, 0.6) is 11.5 Å². The van der Waals surface area contributed by atoms with Crippen molar-refractivity contribution in [3.63, 3.8) is 0 Å². The normalized spacial score (nSPS) is 22.3. The molecule has 0 spiro atoms. The van der Waals surface area contributed by atoms with E-state index in [9.17, 15) is 24.8 Å². The number of hydrogen-bond donors (Lipinski definition) is 2. The van der Waals surface area contributed by atoms with Crippen molar-refractivity contribution in [2.75, 3.05) is 7.11 Å². The van der Waals surface area contributed by atoms with Crippen molar-refractivity contribution >= 4 is 17.7 Å². The van der Waals surface area contributed by atoms with Gasteiger partial charge in [0.05, 0.1) is 18.1 Å². The fourth-order valence-electron chi connectivity index (χ4n) is 3.56. The zero-order valence-electron chi connectivity index (χ0n) is 15.2. The van der Waals surface area contributed by atoms with Gasteiger partial charge in [-0.25, -0.2) is 4.79 Å². The highest BCUT2D eigenvalue weighted by molar-refractivity contribution is 5.85. The molecule has 10 nitrogen and oxygen atoms in total. The summed E-state index contributed by atoms with van der Waals surface area (Å²) in [6, 6.07) is 0.690. The molecule has 2 amide bonds. The lowest BCUT2D eigenvalue weighted by Crippen LogP contribution is -2.51. The number of nitrogens with zero attached hydrogens (tertiary/aromatic N) is 1. The Kier molecular flexibility index (Phi) is 5.39. The lowest BCUT2D eigenvalue weighted by Gasteiger charge is -2.34. The first-order valence-corrected chi connectivity index (χ1v) is 8.82. The minimum Gasteiger partial charge on any atom is -0.865 e. The average molecular weight is 390 g/mol. The number of carbonyl (C=O) groups is 2. The fraction of sp³-hybridized carbons (Fsp3) is 0.444. The number of rotatable bonds is 5. The van der Waals surface area contributed by atoms with Crippen molar-refractivity contribution in [1.82, 2.24) is 10.6 Å². The molecule has 2 N–H and O–H groups in total. The first kappa shape index (κ1) is 19.5. The number of urea groups is 1. The number of amides is 2. The van der Waals surface area contributed by atoms with Crippen LogP contribution in [0.25, 0.3) is 0 Å². The lowest BCUT2D eigenvalue weighted by atomic mass is 9.88. The number of nitro benzene ring substituents is 1. The Morgan fingerprint density at radius 1 is 1.32 bits per heavy atom. The van der Waals surface area contributed by atoms with Crippen molar-refractivity contribution in [2.24, 2.45) is 5.92 Å². The molecule has 150 valence electrons. The molecule has 1 heterocycles. The monoisotopic (exact) mass is 390 g/mol. The summed E-state index contributed by atoms with van der Waals surface area (Å²) in [5, 5.41) is 28.3. The van der Waals surface area contributed by atoms with E-state index in [4.69, 9.17) is 9.47 Å². The Morgan fingerprint density at radius 3 is 2.61 bits per heavy atom. The SMILES string of the molecule is C=C1NC(=O)NC(c2cc(OC)c([O-])c([N+](=O)[O-])c2)C1C(=O)OC1CCCC1. The third kappa shape index (κ3) is 3.71. The Balaban J connectivity index is 1.99. The van der Waals surface area contributed by atoms with E-state index in [0.717, 1.165) is 31.7 Å². The first-order chi connectivity index (χ1) is 13.3. The smallest absolute Gasteiger partial charge is 0.319 e. The van der Waals surface area contributed by atoms with Gasteiger partial charge in [0, 0.05) is 17.5 Å². The van der Waals surface area contributed by atoms with Gasteiger partial charge in [0.25, 0.3) is 5.69 Å². The van der Waals surface area contributed by atoms with Crippen molar-refractivity contribution < 1.29 is 29.1 Å². The molecule has 2 unspecified atom stereocenters. The third-order valence-corrected chi connectivity index (χ3v) is 4.94. The molecule has 1 aromatic rings. The van der Waals surface area contributed by atoms with Gasteiger partial charge in [-0.05, 0) is 37.3 Å². The summed E-state index contributed by atoms with van der Waals surface area (Å²) in [6.07, 6.45) is 3.26. The summed E-state index contributed by atoms with van der Waals surface area (Å²) in [5.41, 5.74) is -0.423. The van der Waals surface area contributed by atoms with E-state index in [-0.39, 0.29) is 23.1 Å². The molecular formula is C18H20N3O7-. The van der Waals surface area contributed by atoms with E-state index in [1.807, 2.05) is 0 Å². The van der Waals surface area contributed by atoms with Crippen LogP contribution in [0.1, 0.15) is 37.3 Å². The number of methoxy groups -OCH3 is 1. The zero-order chi connectivity index (χ0) is 20.4. The van der Waals surface area contributed by atoms with Gasteiger partial charge in [-0.15, -0.1) is 0 Å². The lowest BCUT2D eigenvalue weighted by molar-refractivity contribution is -0.398. The minimum atomic E-state index is -1.01. The highest BCUT2D eigenvalue weighted by Gasteiger charge is 2.40. The quantitative estimate of drug-likeness (QED) is 0.442. The molecule has 3 rings (SSSR count). The molecule has 1 saturated heterocycles. The van der Waals surface area contributed by atoms with E-state index in [0.29, 0.717) is 0 Å². The standard InChI is InChI=1S/C18H21N3O7/c1-9-14(17(23)28-11-5-3-4-6-11)15(20-18(24)19-9)10-7-12(21(25)26)16(22)13(8-10)27-2/h7-8,11,14-15,22H,1,3-6H2,2H3,(H2,19,20,24)/p-1. The van der Waals surface area contributed by atoms with Gasteiger partial charge in [-0.3, -0.25) is 14.9 Å². The van der Waals surface area contributed by atoms with Crippen LogP contribution in [-0.4, -0.2) is 30.1 Å². The predicted octanol–water partition coefficient (Wildman–Crippen LogP) is 1.65. The Labute approximate surface area is 160 Å². The molecule has 2 aliphatic rings. The summed E-state index contributed by atoms with van der Waals surface area (Å²) in [5.74, 6) is -2.76. The van der Waals surface area contributed by atoms with Gasteiger partial charge in [0.2, 0.25) is 0 Å².